The van der Waals surface area contributed by atoms with Crippen molar-refractivity contribution in [3.8, 4) is 17.5 Å². The fourth-order valence-corrected chi connectivity index (χ4v) is 3.76. The number of aromatic nitrogens is 2. The maximum atomic E-state index is 12.6. The summed E-state index contributed by atoms with van der Waals surface area (Å²) in [5.74, 6) is 0.321. The smallest absolute Gasteiger partial charge is 0.254 e. The molecule has 37 heavy (non-hydrogen) atoms. The summed E-state index contributed by atoms with van der Waals surface area (Å²) in [5.41, 5.74) is 5.82. The lowest BCUT2D eigenvalue weighted by Crippen LogP contribution is -2.32. The average molecular weight is 500 g/mol. The van der Waals surface area contributed by atoms with Crippen LogP contribution in [0.4, 0.5) is 5.69 Å². The molecule has 0 saturated heterocycles. The van der Waals surface area contributed by atoms with Gasteiger partial charge < -0.3 is 15.4 Å². The van der Waals surface area contributed by atoms with Crippen LogP contribution in [0.1, 0.15) is 74.2 Å². The predicted octanol–water partition coefficient (Wildman–Crippen LogP) is 6.22. The fourth-order valence-electron chi connectivity index (χ4n) is 3.76. The van der Waals surface area contributed by atoms with Crippen LogP contribution in [0.3, 0.4) is 0 Å². The molecule has 0 fully saturated rings. The Morgan fingerprint density at radius 2 is 1.84 bits per heavy atom. The van der Waals surface area contributed by atoms with E-state index in [0.29, 0.717) is 34.8 Å². The first-order chi connectivity index (χ1) is 17.2. The van der Waals surface area contributed by atoms with Crippen LogP contribution in [0, 0.1) is 23.7 Å². The normalized spacial score (nSPS) is 11.5. The Hall–Kier alpha value is -4.05. The molecule has 0 aliphatic rings. The van der Waals surface area contributed by atoms with Gasteiger partial charge in [-0.25, -0.2) is 4.68 Å². The summed E-state index contributed by atoms with van der Waals surface area (Å²) < 4.78 is 7.27. The second-order valence-corrected chi connectivity index (χ2v) is 11.5. The first kappa shape index (κ1) is 27.5. The number of aryl methyl sites for hydroxylation is 1. The molecule has 1 amide bonds. The zero-order chi connectivity index (χ0) is 27.5. The minimum absolute atomic E-state index is 0.00693. The van der Waals surface area contributed by atoms with Crippen LogP contribution in [0.2, 0.25) is 0 Å². The minimum Gasteiger partial charge on any atom is -0.493 e. The third-order valence-corrected chi connectivity index (χ3v) is 5.99. The van der Waals surface area contributed by atoms with Crippen LogP contribution in [-0.4, -0.2) is 29.3 Å². The van der Waals surface area contributed by atoms with E-state index in [-0.39, 0.29) is 16.7 Å². The molecule has 2 N–H and O–H groups in total. The lowest BCUT2D eigenvalue weighted by atomic mass is 9.85. The highest BCUT2D eigenvalue weighted by Crippen LogP contribution is 2.36. The van der Waals surface area contributed by atoms with E-state index in [0.717, 1.165) is 22.4 Å². The summed E-state index contributed by atoms with van der Waals surface area (Å²) in [4.78, 5) is 12.6. The molecule has 2 aromatic carbocycles. The largest absolute Gasteiger partial charge is 0.493 e. The SMILES string of the molecule is C=C(Nc1cc(C(C)(C)C)cc(C#N)c1OC)c1ccc(C)c(-n2cc(C(=O)NCC(C)(C)C)cn2)c1. The predicted molar refractivity (Wildman–Crippen MR) is 149 cm³/mol. The van der Waals surface area contributed by atoms with Gasteiger partial charge >= 0.3 is 0 Å². The Morgan fingerprint density at radius 1 is 1.14 bits per heavy atom. The summed E-state index contributed by atoms with van der Waals surface area (Å²) in [6.45, 7) is 19.3. The number of carbonyl (C=O) groups excluding carboxylic acids is 1. The van der Waals surface area contributed by atoms with Crippen molar-refractivity contribution in [2.24, 2.45) is 5.41 Å². The van der Waals surface area contributed by atoms with Crippen LogP contribution < -0.4 is 15.4 Å². The van der Waals surface area contributed by atoms with Crippen molar-refractivity contribution in [3.05, 3.63) is 77.1 Å². The van der Waals surface area contributed by atoms with Gasteiger partial charge in [0, 0.05) is 18.4 Å². The summed E-state index contributed by atoms with van der Waals surface area (Å²) in [7, 11) is 1.55. The van der Waals surface area contributed by atoms with Gasteiger partial charge in [0.15, 0.2) is 5.75 Å². The van der Waals surface area contributed by atoms with E-state index in [4.69, 9.17) is 4.74 Å². The summed E-state index contributed by atoms with van der Waals surface area (Å²) >= 11 is 0. The molecule has 1 aromatic heterocycles. The van der Waals surface area contributed by atoms with Gasteiger partial charge in [0.2, 0.25) is 0 Å². The minimum atomic E-state index is -0.153. The number of methoxy groups -OCH3 is 1. The Labute approximate surface area is 220 Å². The van der Waals surface area contributed by atoms with Crippen LogP contribution in [0.25, 0.3) is 11.4 Å². The molecule has 0 radical (unpaired) electrons. The average Bonchev–Trinajstić information content (AvgIpc) is 3.31. The van der Waals surface area contributed by atoms with Crippen molar-refractivity contribution < 1.29 is 9.53 Å². The highest BCUT2D eigenvalue weighted by Gasteiger charge is 2.20. The molecule has 3 rings (SSSR count). The highest BCUT2D eigenvalue weighted by molar-refractivity contribution is 5.93. The maximum Gasteiger partial charge on any atom is 0.254 e. The lowest BCUT2D eigenvalue weighted by Gasteiger charge is -2.23. The number of hydrogen-bond donors (Lipinski definition) is 2. The number of nitrogens with zero attached hydrogens (tertiary/aromatic N) is 3. The van der Waals surface area contributed by atoms with Gasteiger partial charge in [-0.2, -0.15) is 10.4 Å². The number of nitriles is 1. The molecule has 0 aliphatic heterocycles. The lowest BCUT2D eigenvalue weighted by molar-refractivity contribution is 0.0939. The molecule has 1 heterocycles. The zero-order valence-corrected chi connectivity index (χ0v) is 23.1. The van der Waals surface area contributed by atoms with E-state index in [1.54, 1.807) is 24.2 Å². The van der Waals surface area contributed by atoms with Gasteiger partial charge in [0.25, 0.3) is 5.91 Å². The number of rotatable bonds is 7. The van der Waals surface area contributed by atoms with Crippen LogP contribution >= 0.6 is 0 Å². The van der Waals surface area contributed by atoms with Crippen LogP contribution in [0.5, 0.6) is 5.75 Å². The molecule has 194 valence electrons. The molecule has 0 bridgehead atoms. The Bertz CT molecular complexity index is 1360. The van der Waals surface area contributed by atoms with Gasteiger partial charge in [-0.3, -0.25) is 4.79 Å². The van der Waals surface area contributed by atoms with Gasteiger partial charge in [-0.15, -0.1) is 0 Å². The maximum absolute atomic E-state index is 12.6. The Morgan fingerprint density at radius 3 is 2.43 bits per heavy atom. The number of anilines is 1. The summed E-state index contributed by atoms with van der Waals surface area (Å²) in [6, 6.07) is 12.0. The van der Waals surface area contributed by atoms with Crippen molar-refractivity contribution in [1.29, 1.82) is 5.26 Å². The van der Waals surface area contributed by atoms with Gasteiger partial charge in [0.1, 0.15) is 6.07 Å². The fraction of sp³-hybridized carbons (Fsp3) is 0.367. The van der Waals surface area contributed by atoms with Crippen LogP contribution in [0.15, 0.2) is 49.3 Å². The molecule has 0 unspecified atom stereocenters. The van der Waals surface area contributed by atoms with E-state index >= 15 is 0 Å². The zero-order valence-electron chi connectivity index (χ0n) is 23.1. The van der Waals surface area contributed by atoms with Crippen molar-refractivity contribution in [1.82, 2.24) is 15.1 Å². The number of carbonyl (C=O) groups is 1. The van der Waals surface area contributed by atoms with Crippen LogP contribution in [-0.2, 0) is 5.41 Å². The van der Waals surface area contributed by atoms with Gasteiger partial charge in [0.05, 0.1) is 35.8 Å². The van der Waals surface area contributed by atoms with E-state index in [1.165, 1.54) is 0 Å². The standard InChI is InChI=1S/C30H37N5O2/c1-19-10-11-21(13-26(19)35-17-23(16-33-35)28(36)32-18-29(3,4)5)20(2)34-25-14-24(30(6,7)8)12-22(15-31)27(25)37-9/h10-14,16-17,34H,2,18H2,1,3-9H3,(H,32,36). The number of hydrogen-bond acceptors (Lipinski definition) is 5. The van der Waals surface area contributed by atoms with Crippen molar-refractivity contribution >= 4 is 17.3 Å². The number of amides is 1. The number of ether oxygens (including phenoxy) is 1. The third-order valence-electron chi connectivity index (χ3n) is 5.99. The van der Waals surface area contributed by atoms with Gasteiger partial charge in [-0.05, 0) is 52.6 Å². The molecule has 7 nitrogen and oxygen atoms in total. The molecule has 0 atom stereocenters. The molecule has 7 heteroatoms. The Kier molecular flexibility index (Phi) is 7.83. The molecule has 0 saturated carbocycles. The highest BCUT2D eigenvalue weighted by atomic mass is 16.5. The number of benzene rings is 2. The molecular weight excluding hydrogens is 462 g/mol. The van der Waals surface area contributed by atoms with Crippen molar-refractivity contribution in [2.75, 3.05) is 19.0 Å². The van der Waals surface area contributed by atoms with Crippen molar-refractivity contribution in [3.63, 3.8) is 0 Å². The quantitative estimate of drug-likeness (QED) is 0.403. The van der Waals surface area contributed by atoms with E-state index in [1.807, 2.05) is 37.3 Å². The van der Waals surface area contributed by atoms with E-state index in [9.17, 15) is 10.1 Å². The topological polar surface area (TPSA) is 92.0 Å². The van der Waals surface area contributed by atoms with Gasteiger partial charge in [-0.1, -0.05) is 60.3 Å². The third kappa shape index (κ3) is 6.59. The number of nitrogens with one attached hydrogen (secondary N) is 2. The summed E-state index contributed by atoms with van der Waals surface area (Å²) in [6.07, 6.45) is 3.30. The summed E-state index contributed by atoms with van der Waals surface area (Å²) in [5, 5.41) is 20.5. The van der Waals surface area contributed by atoms with E-state index < -0.39 is 0 Å². The monoisotopic (exact) mass is 499 g/mol. The second kappa shape index (κ2) is 10.5. The first-order valence-corrected chi connectivity index (χ1v) is 12.3. The molecule has 0 spiro atoms. The molecule has 0 aliphatic carbocycles. The molecular formula is C30H37N5O2. The second-order valence-electron chi connectivity index (χ2n) is 11.5. The molecule has 3 aromatic rings. The Balaban J connectivity index is 1.91. The first-order valence-electron chi connectivity index (χ1n) is 12.3. The van der Waals surface area contributed by atoms with Crippen molar-refractivity contribution in [2.45, 2.75) is 53.9 Å². The van der Waals surface area contributed by atoms with E-state index in [2.05, 4.69) is 69.9 Å².